The molecule has 2 aliphatic rings. The van der Waals surface area contributed by atoms with Crippen LogP contribution in [0.4, 0.5) is 5.95 Å². The summed E-state index contributed by atoms with van der Waals surface area (Å²) in [6.07, 6.45) is 1.23. The van der Waals surface area contributed by atoms with Crippen molar-refractivity contribution in [2.24, 2.45) is 0 Å². The van der Waals surface area contributed by atoms with Crippen LogP contribution in [0.15, 0.2) is 78.6 Å². The molecule has 2 aliphatic heterocycles. The maximum atomic E-state index is 6.67. The van der Waals surface area contributed by atoms with Gasteiger partial charge in [-0.15, -0.1) is 0 Å². The van der Waals surface area contributed by atoms with Gasteiger partial charge in [0.05, 0.1) is 19.9 Å². The maximum Gasteiger partial charge on any atom is 0.226 e. The number of para-hydroxylation sites is 1. The Labute approximate surface area is 197 Å². The van der Waals surface area contributed by atoms with Crippen LogP contribution in [-0.4, -0.2) is 29.0 Å². The van der Waals surface area contributed by atoms with Gasteiger partial charge in [-0.25, -0.2) is 4.68 Å². The number of hydrogen-bond acceptors (Lipinski definition) is 6. The lowest BCUT2D eigenvalue weighted by Gasteiger charge is -2.39. The molecule has 3 aromatic carbocycles. The summed E-state index contributed by atoms with van der Waals surface area (Å²) in [5, 5.41) is 8.12. The summed E-state index contributed by atoms with van der Waals surface area (Å²) in [6.45, 7) is 2.08. The van der Waals surface area contributed by atoms with Crippen LogP contribution in [0.2, 0.25) is 0 Å². The Hall–Kier alpha value is -4.26. The SMILES string of the molecule is COc1ccc(OC)c(C2C3=C(Nc4ncnn42)c2ccccc2OC3c2ccc(C)cc2)c1. The average molecular weight is 453 g/mol. The van der Waals surface area contributed by atoms with Gasteiger partial charge in [0.25, 0.3) is 0 Å². The monoisotopic (exact) mass is 452 g/mol. The van der Waals surface area contributed by atoms with Crippen molar-refractivity contribution in [2.75, 3.05) is 19.5 Å². The molecular formula is C27H24N4O3. The second kappa shape index (κ2) is 7.95. The Balaban J connectivity index is 1.65. The quantitative estimate of drug-likeness (QED) is 0.461. The van der Waals surface area contributed by atoms with Crippen molar-refractivity contribution in [3.05, 3.63) is 101 Å². The molecule has 0 saturated heterocycles. The maximum absolute atomic E-state index is 6.67. The van der Waals surface area contributed by atoms with E-state index in [1.807, 2.05) is 41.1 Å². The molecule has 0 fully saturated rings. The number of aryl methyl sites for hydroxylation is 1. The van der Waals surface area contributed by atoms with E-state index in [1.54, 1.807) is 20.5 Å². The minimum Gasteiger partial charge on any atom is -0.497 e. The third-order valence-electron chi connectivity index (χ3n) is 6.43. The molecule has 0 spiro atoms. The number of rotatable bonds is 4. The number of hydrogen-bond donors (Lipinski definition) is 1. The van der Waals surface area contributed by atoms with E-state index in [2.05, 4.69) is 52.7 Å². The van der Waals surface area contributed by atoms with E-state index in [0.29, 0.717) is 5.95 Å². The molecule has 3 heterocycles. The molecule has 1 N–H and O–H groups in total. The van der Waals surface area contributed by atoms with Crippen LogP contribution >= 0.6 is 0 Å². The zero-order valence-corrected chi connectivity index (χ0v) is 19.1. The normalized spacial score (nSPS) is 18.2. The van der Waals surface area contributed by atoms with E-state index < -0.39 is 0 Å². The molecule has 2 atom stereocenters. The molecular weight excluding hydrogens is 428 g/mol. The highest BCUT2D eigenvalue weighted by Crippen LogP contribution is 2.52. The number of methoxy groups -OCH3 is 2. The molecule has 0 bridgehead atoms. The molecule has 0 radical (unpaired) electrons. The first-order valence-corrected chi connectivity index (χ1v) is 11.1. The number of ether oxygens (including phenoxy) is 3. The minimum atomic E-state index is -0.337. The van der Waals surface area contributed by atoms with Crippen molar-refractivity contribution in [3.63, 3.8) is 0 Å². The van der Waals surface area contributed by atoms with Gasteiger partial charge in [0.15, 0.2) is 0 Å². The van der Waals surface area contributed by atoms with Gasteiger partial charge in [-0.1, -0.05) is 42.0 Å². The van der Waals surface area contributed by atoms with E-state index in [4.69, 9.17) is 14.2 Å². The number of fused-ring (bicyclic) bond motifs is 3. The Kier molecular flexibility index (Phi) is 4.76. The predicted molar refractivity (Wildman–Crippen MR) is 129 cm³/mol. The number of anilines is 1. The van der Waals surface area contributed by atoms with Gasteiger partial charge < -0.3 is 19.5 Å². The van der Waals surface area contributed by atoms with Crippen molar-refractivity contribution in [1.82, 2.24) is 14.8 Å². The first-order chi connectivity index (χ1) is 16.7. The summed E-state index contributed by atoms with van der Waals surface area (Å²) < 4.78 is 19.9. The highest BCUT2D eigenvalue weighted by Gasteiger charge is 2.42. The largest absolute Gasteiger partial charge is 0.497 e. The van der Waals surface area contributed by atoms with Crippen LogP contribution in [0, 0.1) is 6.92 Å². The van der Waals surface area contributed by atoms with Crippen LogP contribution in [0.5, 0.6) is 17.2 Å². The number of benzene rings is 3. The highest BCUT2D eigenvalue weighted by molar-refractivity contribution is 5.85. The molecule has 170 valence electrons. The van der Waals surface area contributed by atoms with Crippen LogP contribution in [0.1, 0.15) is 34.4 Å². The van der Waals surface area contributed by atoms with Gasteiger partial charge in [-0.05, 0) is 42.8 Å². The molecule has 4 aromatic rings. The van der Waals surface area contributed by atoms with Crippen LogP contribution in [-0.2, 0) is 0 Å². The van der Waals surface area contributed by atoms with Crippen LogP contribution in [0.25, 0.3) is 5.70 Å². The first-order valence-electron chi connectivity index (χ1n) is 11.1. The van der Waals surface area contributed by atoms with Gasteiger partial charge >= 0.3 is 0 Å². The standard InChI is InChI=1S/C27H24N4O3/c1-16-8-10-17(11-9-16)26-23-24(19-6-4-5-7-22(19)34-26)30-27-28-15-29-31(27)25(23)20-14-18(32-2)12-13-21(20)33-3/h4-15,25-26H,1-3H3,(H,28,29,30). The van der Waals surface area contributed by atoms with Gasteiger partial charge in [0.2, 0.25) is 5.95 Å². The average Bonchev–Trinajstić information content (AvgIpc) is 3.35. The zero-order chi connectivity index (χ0) is 23.2. The van der Waals surface area contributed by atoms with E-state index in [1.165, 1.54) is 5.56 Å². The topological polar surface area (TPSA) is 70.4 Å². The van der Waals surface area contributed by atoms with Crippen molar-refractivity contribution in [3.8, 4) is 17.2 Å². The second-order valence-corrected chi connectivity index (χ2v) is 8.40. The fourth-order valence-corrected chi connectivity index (χ4v) is 4.79. The fraction of sp³-hybridized carbons (Fsp3) is 0.185. The zero-order valence-electron chi connectivity index (χ0n) is 19.1. The summed E-state index contributed by atoms with van der Waals surface area (Å²) in [4.78, 5) is 4.50. The third-order valence-corrected chi connectivity index (χ3v) is 6.43. The van der Waals surface area contributed by atoms with E-state index in [9.17, 15) is 0 Å². The van der Waals surface area contributed by atoms with E-state index >= 15 is 0 Å². The molecule has 2 unspecified atom stereocenters. The van der Waals surface area contributed by atoms with Crippen molar-refractivity contribution >= 4 is 11.6 Å². The lowest BCUT2D eigenvalue weighted by atomic mass is 9.84. The summed E-state index contributed by atoms with van der Waals surface area (Å²) >= 11 is 0. The lowest BCUT2D eigenvalue weighted by molar-refractivity contribution is 0.222. The fourth-order valence-electron chi connectivity index (χ4n) is 4.79. The third kappa shape index (κ3) is 3.12. The van der Waals surface area contributed by atoms with Crippen molar-refractivity contribution < 1.29 is 14.2 Å². The summed E-state index contributed by atoms with van der Waals surface area (Å²) in [6, 6.07) is 22.0. The molecule has 0 saturated carbocycles. The van der Waals surface area contributed by atoms with E-state index in [0.717, 1.165) is 45.2 Å². The Morgan fingerprint density at radius 3 is 2.59 bits per heavy atom. The van der Waals surface area contributed by atoms with Gasteiger partial charge in [-0.2, -0.15) is 10.1 Å². The van der Waals surface area contributed by atoms with Gasteiger partial charge in [-0.3, -0.25) is 0 Å². The minimum absolute atomic E-state index is 0.321. The second-order valence-electron chi connectivity index (χ2n) is 8.40. The van der Waals surface area contributed by atoms with Gasteiger partial charge in [0.1, 0.15) is 35.7 Å². The van der Waals surface area contributed by atoms with Crippen LogP contribution < -0.4 is 19.5 Å². The van der Waals surface area contributed by atoms with Gasteiger partial charge in [0, 0.05) is 16.7 Å². The summed E-state index contributed by atoms with van der Waals surface area (Å²) in [7, 11) is 3.34. The molecule has 0 amide bonds. The predicted octanol–water partition coefficient (Wildman–Crippen LogP) is 5.16. The summed E-state index contributed by atoms with van der Waals surface area (Å²) in [5.74, 6) is 2.96. The number of nitrogens with one attached hydrogen (secondary N) is 1. The highest BCUT2D eigenvalue weighted by atomic mass is 16.5. The molecule has 6 rings (SSSR count). The molecule has 7 heteroatoms. The smallest absolute Gasteiger partial charge is 0.226 e. The number of aromatic nitrogens is 3. The first kappa shape index (κ1) is 20.4. The lowest BCUT2D eigenvalue weighted by Crippen LogP contribution is -2.32. The molecule has 34 heavy (non-hydrogen) atoms. The molecule has 7 nitrogen and oxygen atoms in total. The Morgan fingerprint density at radius 1 is 0.971 bits per heavy atom. The molecule has 0 aliphatic carbocycles. The summed E-state index contributed by atoms with van der Waals surface area (Å²) in [5.41, 5.74) is 6.17. The van der Waals surface area contributed by atoms with E-state index in [-0.39, 0.29) is 12.1 Å². The Morgan fingerprint density at radius 2 is 1.79 bits per heavy atom. The number of nitrogens with zero attached hydrogens (tertiary/aromatic N) is 3. The Bertz CT molecular complexity index is 1410. The van der Waals surface area contributed by atoms with Crippen molar-refractivity contribution in [2.45, 2.75) is 19.1 Å². The van der Waals surface area contributed by atoms with Crippen LogP contribution in [0.3, 0.4) is 0 Å². The van der Waals surface area contributed by atoms with Crippen molar-refractivity contribution in [1.29, 1.82) is 0 Å². The molecule has 1 aromatic heterocycles.